The van der Waals surface area contributed by atoms with Gasteiger partial charge in [-0.2, -0.15) is 0 Å². The molecule has 3 atom stereocenters. The van der Waals surface area contributed by atoms with Gasteiger partial charge in [0.1, 0.15) is 29.4 Å². The Morgan fingerprint density at radius 3 is 2.34 bits per heavy atom. The molecule has 1 saturated heterocycles. The third kappa shape index (κ3) is 7.84. The summed E-state index contributed by atoms with van der Waals surface area (Å²) in [5, 5.41) is 26.4. The summed E-state index contributed by atoms with van der Waals surface area (Å²) in [6.45, 7) is 2.99. The first-order valence-corrected chi connectivity index (χ1v) is 15.1. The van der Waals surface area contributed by atoms with Gasteiger partial charge < -0.3 is 40.3 Å². The Bertz CT molecular complexity index is 1740. The number of carbonyl (C=O) groups excluding carboxylic acids is 5. The molecule has 1 aromatic heterocycles. The molecule has 0 spiro atoms. The zero-order valence-electron chi connectivity index (χ0n) is 24.6. The average molecular weight is 692 g/mol. The SMILES string of the molecule is CC(=O)OCC1=C(C(=O)O)N2C(=O)[C@@H](NC(=O)C(=NOC(C(=O)O)c3ccc(OC(C)=O)c(OC(C)=O)c3)c3csc(N)n3)[C@H]2SC1. The van der Waals surface area contributed by atoms with Gasteiger partial charge in [-0.25, -0.2) is 14.6 Å². The largest absolute Gasteiger partial charge is 0.478 e. The van der Waals surface area contributed by atoms with E-state index >= 15 is 0 Å². The number of carboxylic acids is 2. The maximum Gasteiger partial charge on any atom is 0.352 e. The molecular formula is C27H25N5O13S2. The minimum atomic E-state index is -1.90. The minimum absolute atomic E-state index is 0.0210. The molecule has 2 aliphatic heterocycles. The van der Waals surface area contributed by atoms with Crippen molar-refractivity contribution in [1.29, 1.82) is 0 Å². The van der Waals surface area contributed by atoms with Crippen molar-refractivity contribution in [3.8, 4) is 11.5 Å². The number of rotatable bonds is 12. The highest BCUT2D eigenvalue weighted by atomic mass is 32.2. The Morgan fingerprint density at radius 1 is 1.09 bits per heavy atom. The Balaban J connectivity index is 1.60. The number of thioether (sulfide) groups is 1. The maximum absolute atomic E-state index is 13.5. The first kappa shape index (κ1) is 34.4. The van der Waals surface area contributed by atoms with Crippen molar-refractivity contribution in [2.45, 2.75) is 38.3 Å². The van der Waals surface area contributed by atoms with Crippen molar-refractivity contribution in [3.63, 3.8) is 0 Å². The van der Waals surface area contributed by atoms with Gasteiger partial charge in [0.25, 0.3) is 11.8 Å². The predicted octanol–water partition coefficient (Wildman–Crippen LogP) is 0.424. The molecule has 18 nitrogen and oxygen atoms in total. The summed E-state index contributed by atoms with van der Waals surface area (Å²) in [7, 11) is 0. The van der Waals surface area contributed by atoms with Crippen LogP contribution in [-0.2, 0) is 43.1 Å². The van der Waals surface area contributed by atoms with E-state index in [2.05, 4.69) is 15.5 Å². The average Bonchev–Trinajstić information content (AvgIpc) is 3.42. The third-order valence-electron chi connectivity index (χ3n) is 6.22. The number of β-lactam (4-membered cyclic amide) rings is 1. The molecular weight excluding hydrogens is 666 g/mol. The Morgan fingerprint density at radius 2 is 1.77 bits per heavy atom. The Labute approximate surface area is 272 Å². The highest BCUT2D eigenvalue weighted by molar-refractivity contribution is 8.00. The normalized spacial score (nSPS) is 17.9. The van der Waals surface area contributed by atoms with Crippen molar-refractivity contribution >= 4 is 75.6 Å². The number of aliphatic carboxylic acids is 2. The number of nitrogens with zero attached hydrogens (tertiary/aromatic N) is 3. The zero-order valence-corrected chi connectivity index (χ0v) is 26.2. The van der Waals surface area contributed by atoms with Gasteiger partial charge in [0.15, 0.2) is 22.3 Å². The summed E-state index contributed by atoms with van der Waals surface area (Å²) in [4.78, 5) is 95.2. The summed E-state index contributed by atoms with van der Waals surface area (Å²) in [6.07, 6.45) is -1.90. The summed E-state index contributed by atoms with van der Waals surface area (Å²) < 4.78 is 14.9. The van der Waals surface area contributed by atoms with Crippen LogP contribution in [-0.4, -0.2) is 91.2 Å². The second-order valence-corrected chi connectivity index (χ2v) is 11.6. The van der Waals surface area contributed by atoms with Crippen molar-refractivity contribution in [1.82, 2.24) is 15.2 Å². The number of carboxylic acid groups (broad SMARTS) is 2. The standard InChI is InChI=1S/C27H25N5O13S2/c1-10(33)42-7-14-8-46-24-19(23(37)32(24)20(14)25(38)39)30-22(36)18(15-9-47-27(28)29-15)31-45-21(26(40)41)13-4-5-16(43-11(2)34)17(6-13)44-12(3)35/h4-6,9,19,21,24H,7-8H2,1-3H3,(H2,28,29)(H,30,36)(H,38,39)(H,40,41)/t19-,21?,24-/m1/s1. The van der Waals surface area contributed by atoms with Crippen LogP contribution in [0.3, 0.4) is 0 Å². The second-order valence-electron chi connectivity index (χ2n) is 9.63. The Kier molecular flexibility index (Phi) is 10.5. The van der Waals surface area contributed by atoms with Crippen molar-refractivity contribution in [3.05, 3.63) is 46.1 Å². The number of nitrogens with two attached hydrogens (primary N) is 1. The molecule has 0 aliphatic carbocycles. The molecule has 0 radical (unpaired) electrons. The van der Waals surface area contributed by atoms with E-state index in [0.717, 1.165) is 54.8 Å². The monoisotopic (exact) mass is 691 g/mol. The molecule has 47 heavy (non-hydrogen) atoms. The topological polar surface area (TPSA) is 263 Å². The van der Waals surface area contributed by atoms with Crippen LogP contribution in [0.1, 0.15) is 38.1 Å². The lowest BCUT2D eigenvalue weighted by molar-refractivity contribution is -0.151. The number of esters is 3. The van der Waals surface area contributed by atoms with Crippen LogP contribution in [0.5, 0.6) is 11.5 Å². The quantitative estimate of drug-likeness (QED) is 0.0772. The summed E-state index contributed by atoms with van der Waals surface area (Å²) in [6, 6.07) is 2.21. The number of thiazole rings is 1. The minimum Gasteiger partial charge on any atom is -0.478 e. The number of nitrogen functional groups attached to an aromatic ring is 1. The van der Waals surface area contributed by atoms with E-state index in [1.54, 1.807) is 0 Å². The molecule has 5 N–H and O–H groups in total. The summed E-state index contributed by atoms with van der Waals surface area (Å²) in [5.41, 5.74) is 4.71. The van der Waals surface area contributed by atoms with Gasteiger partial charge in [-0.05, 0) is 12.1 Å². The van der Waals surface area contributed by atoms with Crippen molar-refractivity contribution in [2.75, 3.05) is 18.1 Å². The number of hydrogen-bond donors (Lipinski definition) is 4. The van der Waals surface area contributed by atoms with Crippen LogP contribution >= 0.6 is 23.1 Å². The number of aromatic nitrogens is 1. The number of ether oxygens (including phenoxy) is 3. The lowest BCUT2D eigenvalue weighted by atomic mass is 10.0. The summed E-state index contributed by atoms with van der Waals surface area (Å²) >= 11 is 2.04. The number of hydrogen-bond acceptors (Lipinski definition) is 16. The van der Waals surface area contributed by atoms with Crippen LogP contribution < -0.4 is 20.5 Å². The zero-order chi connectivity index (χ0) is 34.6. The molecule has 2 amide bonds. The third-order valence-corrected chi connectivity index (χ3v) is 8.23. The van der Waals surface area contributed by atoms with E-state index in [1.807, 2.05) is 0 Å². The lowest BCUT2D eigenvalue weighted by Crippen LogP contribution is -2.71. The fourth-order valence-electron chi connectivity index (χ4n) is 4.31. The molecule has 1 unspecified atom stereocenters. The van der Waals surface area contributed by atoms with Gasteiger partial charge in [-0.15, -0.1) is 23.1 Å². The molecule has 2 aromatic rings. The van der Waals surface area contributed by atoms with Gasteiger partial charge in [-0.1, -0.05) is 11.2 Å². The highest BCUT2D eigenvalue weighted by Gasteiger charge is 2.54. The molecule has 1 fully saturated rings. The molecule has 1 aromatic carbocycles. The van der Waals surface area contributed by atoms with Crippen LogP contribution in [0.4, 0.5) is 5.13 Å². The van der Waals surface area contributed by atoms with E-state index < -0.39 is 64.9 Å². The van der Waals surface area contributed by atoms with Crippen LogP contribution in [0.15, 0.2) is 40.0 Å². The molecule has 2 aliphatic rings. The molecule has 0 bridgehead atoms. The number of nitrogens with one attached hydrogen (secondary N) is 1. The van der Waals surface area contributed by atoms with E-state index in [0.29, 0.717) is 0 Å². The number of anilines is 1. The number of carbonyl (C=O) groups is 7. The van der Waals surface area contributed by atoms with Crippen LogP contribution in [0.2, 0.25) is 0 Å². The van der Waals surface area contributed by atoms with Crippen LogP contribution in [0, 0.1) is 0 Å². The smallest absolute Gasteiger partial charge is 0.352 e. The first-order chi connectivity index (χ1) is 22.2. The lowest BCUT2D eigenvalue weighted by Gasteiger charge is -2.49. The fourth-order valence-corrected chi connectivity index (χ4v) is 6.18. The fraction of sp³-hybridized carbons (Fsp3) is 0.296. The highest BCUT2D eigenvalue weighted by Crippen LogP contribution is 2.40. The van der Waals surface area contributed by atoms with Crippen LogP contribution in [0.25, 0.3) is 0 Å². The van der Waals surface area contributed by atoms with Gasteiger partial charge in [0, 0.05) is 43.0 Å². The van der Waals surface area contributed by atoms with Crippen molar-refractivity contribution < 1.29 is 62.8 Å². The van der Waals surface area contributed by atoms with Gasteiger partial charge in [0.2, 0.25) is 6.10 Å². The van der Waals surface area contributed by atoms with Gasteiger partial charge >= 0.3 is 29.8 Å². The van der Waals surface area contributed by atoms with E-state index in [4.69, 9.17) is 24.8 Å². The molecule has 0 saturated carbocycles. The van der Waals surface area contributed by atoms with Gasteiger partial charge in [0.05, 0.1) is 0 Å². The first-order valence-electron chi connectivity index (χ1n) is 13.2. The summed E-state index contributed by atoms with van der Waals surface area (Å²) in [5.74, 6) is -7.39. The van der Waals surface area contributed by atoms with Crippen molar-refractivity contribution in [2.24, 2.45) is 5.16 Å². The van der Waals surface area contributed by atoms with E-state index in [9.17, 15) is 43.8 Å². The Hall–Kier alpha value is -5.50. The van der Waals surface area contributed by atoms with E-state index in [-0.39, 0.29) is 51.5 Å². The molecule has 3 heterocycles. The molecule has 20 heteroatoms. The number of fused-ring (bicyclic) bond motifs is 1. The molecule has 248 valence electrons. The van der Waals surface area contributed by atoms with Gasteiger partial charge in [-0.3, -0.25) is 28.9 Å². The van der Waals surface area contributed by atoms with E-state index in [1.165, 1.54) is 17.5 Å². The second kappa shape index (κ2) is 14.3. The number of oxime groups is 1. The molecule has 4 rings (SSSR count). The predicted molar refractivity (Wildman–Crippen MR) is 160 cm³/mol. The number of amides is 2. The maximum atomic E-state index is 13.5. The number of benzene rings is 1.